The topological polar surface area (TPSA) is 135 Å². The Labute approximate surface area is 83.1 Å². The molecule has 10 heteroatoms. The molecule has 0 aliphatic rings. The molecular weight excluding hydrogens is 229 g/mol. The van der Waals surface area contributed by atoms with E-state index in [-0.39, 0.29) is 4.73 Å². The first-order chi connectivity index (χ1) is 6.89. The maximum atomic E-state index is 12.1. The molecule has 0 fully saturated rings. The number of nitriles is 2. The number of nitrogens with zero attached hydrogens (tertiary/aromatic N) is 4. The van der Waals surface area contributed by atoms with E-state index in [1.807, 2.05) is 0 Å². The van der Waals surface area contributed by atoms with Crippen LogP contribution in [0.1, 0.15) is 11.4 Å². The fourth-order valence-corrected chi connectivity index (χ4v) is 1.10. The minimum absolute atomic E-state index is 0.282. The summed E-state index contributed by atoms with van der Waals surface area (Å²) in [6.07, 6.45) is 0. The van der Waals surface area contributed by atoms with Gasteiger partial charge in [0.25, 0.3) is 0 Å². The minimum atomic E-state index is -5.17. The number of aromatic nitrogens is 2. The number of rotatable bonds is 2. The fourth-order valence-electron chi connectivity index (χ4n) is 0.756. The van der Waals surface area contributed by atoms with Crippen molar-refractivity contribution in [3.63, 3.8) is 0 Å². The first kappa shape index (κ1) is 10.7. The molecule has 0 aromatic carbocycles. The average Bonchev–Trinajstić information content (AvgIpc) is 2.40. The molecule has 0 amide bonds. The summed E-state index contributed by atoms with van der Waals surface area (Å²) in [4.78, 5) is 3.12. The molecule has 1 aromatic rings. The zero-order valence-corrected chi connectivity index (χ0v) is 7.62. The summed E-state index contributed by atoms with van der Waals surface area (Å²) in [7, 11) is -5.17. The van der Waals surface area contributed by atoms with Gasteiger partial charge in [-0.15, -0.1) is 0 Å². The van der Waals surface area contributed by atoms with Crippen LogP contribution in [-0.4, -0.2) is 18.1 Å². The lowest BCUT2D eigenvalue weighted by molar-refractivity contribution is 0.558. The van der Waals surface area contributed by atoms with Crippen molar-refractivity contribution >= 4 is 16.4 Å². The molecule has 1 aromatic heterocycles. The molecule has 0 saturated heterocycles. The van der Waals surface area contributed by atoms with Crippen LogP contribution in [0.15, 0.2) is 0 Å². The van der Waals surface area contributed by atoms with Gasteiger partial charge in [0.1, 0.15) is 12.1 Å². The van der Waals surface area contributed by atoms with Gasteiger partial charge in [0.2, 0.25) is 5.95 Å². The Morgan fingerprint density at radius 1 is 1.47 bits per heavy atom. The molecule has 1 rings (SSSR count). The Morgan fingerprint density at radius 3 is 2.40 bits per heavy atom. The van der Waals surface area contributed by atoms with E-state index >= 15 is 0 Å². The molecule has 8 nitrogen and oxygen atoms in total. The number of hydrogen-bond acceptors (Lipinski definition) is 6. The number of anilines is 1. The van der Waals surface area contributed by atoms with Crippen LogP contribution in [-0.2, 0) is 10.4 Å². The third-order valence-electron chi connectivity index (χ3n) is 1.26. The maximum absolute atomic E-state index is 12.1. The molecule has 0 saturated carbocycles. The van der Waals surface area contributed by atoms with E-state index in [9.17, 15) is 17.5 Å². The van der Waals surface area contributed by atoms with Gasteiger partial charge < -0.3 is 9.94 Å². The summed E-state index contributed by atoms with van der Waals surface area (Å²) in [5.74, 6) is -0.981. The van der Waals surface area contributed by atoms with Crippen molar-refractivity contribution in [2.24, 2.45) is 0 Å². The molecule has 15 heavy (non-hydrogen) atoms. The lowest BCUT2D eigenvalue weighted by Crippen LogP contribution is -2.09. The van der Waals surface area contributed by atoms with Crippen LogP contribution in [0.5, 0.6) is 0 Å². The summed E-state index contributed by atoms with van der Waals surface area (Å²) >= 11 is 0. The van der Waals surface area contributed by atoms with Crippen LogP contribution in [0.25, 0.3) is 0 Å². The highest BCUT2D eigenvalue weighted by Gasteiger charge is 2.16. The van der Waals surface area contributed by atoms with E-state index in [2.05, 4.69) is 4.98 Å². The summed E-state index contributed by atoms with van der Waals surface area (Å²) in [6, 6.07) is 2.71. The van der Waals surface area contributed by atoms with Crippen LogP contribution in [0, 0.1) is 27.9 Å². The highest BCUT2D eigenvalue weighted by molar-refractivity contribution is 7.87. The Hall–Kier alpha value is -2.33. The van der Waals surface area contributed by atoms with E-state index in [0.717, 1.165) is 4.72 Å². The molecule has 0 spiro atoms. The highest BCUT2D eigenvalue weighted by Crippen LogP contribution is 2.14. The zero-order chi connectivity index (χ0) is 11.6. The minimum Gasteiger partial charge on any atom is -0.803 e. The molecule has 0 bridgehead atoms. The normalized spacial score (nSPS) is 10.3. The summed E-state index contributed by atoms with van der Waals surface area (Å²) < 4.78 is 33.2. The van der Waals surface area contributed by atoms with Crippen molar-refractivity contribution in [1.29, 1.82) is 10.5 Å². The lowest BCUT2D eigenvalue weighted by atomic mass is 10.4. The molecule has 1 N–H and O–H groups in total. The molecule has 0 radical (unpaired) electrons. The van der Waals surface area contributed by atoms with Gasteiger partial charge in [0, 0.05) is 0 Å². The lowest BCUT2D eigenvalue weighted by Gasteiger charge is -2.10. The van der Waals surface area contributed by atoms with Gasteiger partial charge in [-0.25, -0.2) is 4.72 Å². The Morgan fingerprint density at radius 2 is 2.07 bits per heavy atom. The van der Waals surface area contributed by atoms with E-state index in [1.54, 1.807) is 0 Å². The molecule has 0 atom stereocenters. The van der Waals surface area contributed by atoms with Gasteiger partial charge in [-0.2, -0.15) is 23.9 Å². The van der Waals surface area contributed by atoms with Gasteiger partial charge >= 0.3 is 10.4 Å². The van der Waals surface area contributed by atoms with E-state index in [4.69, 9.17) is 10.5 Å². The van der Waals surface area contributed by atoms with Crippen LogP contribution in [0.2, 0.25) is 0 Å². The fraction of sp³-hybridized carbons (Fsp3) is 0. The Kier molecular flexibility index (Phi) is 2.46. The molecule has 78 valence electrons. The highest BCUT2D eigenvalue weighted by atomic mass is 32.3. The largest absolute Gasteiger partial charge is 0.803 e. The SMILES string of the molecule is N#Cc1nc(NS(=O)(=O)F)n([O-])c1C#N. The van der Waals surface area contributed by atoms with Crippen molar-refractivity contribution in [1.82, 2.24) is 9.71 Å². The van der Waals surface area contributed by atoms with Gasteiger partial charge in [-0.3, -0.25) is 0 Å². The summed E-state index contributed by atoms with van der Waals surface area (Å²) in [5, 5.41) is 27.9. The van der Waals surface area contributed by atoms with Crippen molar-refractivity contribution in [2.75, 3.05) is 4.72 Å². The number of halogens is 1. The summed E-state index contributed by atoms with van der Waals surface area (Å²) in [5.41, 5.74) is -1.29. The van der Waals surface area contributed by atoms with Gasteiger partial charge in [0.15, 0.2) is 11.4 Å². The smallest absolute Gasteiger partial charge is 0.399 e. The first-order valence-electron chi connectivity index (χ1n) is 3.22. The van der Waals surface area contributed by atoms with Gasteiger partial charge in [0.05, 0.1) is 0 Å². The van der Waals surface area contributed by atoms with Gasteiger partial charge in [-0.1, -0.05) is 3.89 Å². The van der Waals surface area contributed by atoms with E-state index < -0.39 is 27.7 Å². The predicted octanol–water partition coefficient (Wildman–Crippen LogP) is -0.401. The molecule has 0 aliphatic carbocycles. The van der Waals surface area contributed by atoms with Crippen molar-refractivity contribution in [2.45, 2.75) is 0 Å². The molecule has 0 unspecified atom stereocenters. The number of nitrogens with one attached hydrogen (secondary N) is 1. The van der Waals surface area contributed by atoms with Crippen LogP contribution in [0.4, 0.5) is 9.83 Å². The predicted molar refractivity (Wildman–Crippen MR) is 44.1 cm³/mol. The van der Waals surface area contributed by atoms with Crippen molar-refractivity contribution in [3.8, 4) is 12.1 Å². The number of hydrogen-bond donors (Lipinski definition) is 1. The van der Waals surface area contributed by atoms with Crippen LogP contribution < -0.4 is 4.72 Å². The van der Waals surface area contributed by atoms with Crippen molar-refractivity contribution < 1.29 is 12.3 Å². The maximum Gasteiger partial charge on any atom is 0.399 e. The Balaban J connectivity index is 3.31. The monoisotopic (exact) mass is 230 g/mol. The third-order valence-corrected chi connectivity index (χ3v) is 1.69. The van der Waals surface area contributed by atoms with Crippen LogP contribution >= 0.6 is 0 Å². The molecule has 0 aliphatic heterocycles. The second kappa shape index (κ2) is 3.43. The first-order valence-corrected chi connectivity index (χ1v) is 4.60. The number of imidazole rings is 1. The third kappa shape index (κ3) is 2.12. The molecular formula is C5HFN5O3S-. The van der Waals surface area contributed by atoms with E-state index in [0.29, 0.717) is 0 Å². The van der Waals surface area contributed by atoms with Crippen LogP contribution in [0.3, 0.4) is 0 Å². The summed E-state index contributed by atoms with van der Waals surface area (Å²) in [6.45, 7) is 0. The quantitative estimate of drug-likeness (QED) is 0.686. The van der Waals surface area contributed by atoms with Crippen molar-refractivity contribution in [3.05, 3.63) is 16.6 Å². The zero-order valence-electron chi connectivity index (χ0n) is 6.80. The average molecular weight is 230 g/mol. The van der Waals surface area contributed by atoms with E-state index in [1.165, 1.54) is 12.1 Å². The Bertz CT molecular complexity index is 577. The second-order valence-corrected chi connectivity index (χ2v) is 3.27. The van der Waals surface area contributed by atoms with Gasteiger partial charge in [-0.05, 0) is 0 Å². The molecule has 1 heterocycles. The second-order valence-electron chi connectivity index (χ2n) is 2.19. The standard InChI is InChI=1S/C5HFN5O3S/c6-15(13,14)10-5-9-3(1-7)4(2-8)11(5)12/h(H,9,10)/q-1.